The van der Waals surface area contributed by atoms with Crippen LogP contribution in [0.15, 0.2) is 34.1 Å². The second-order valence-electron chi connectivity index (χ2n) is 8.61. The quantitative estimate of drug-likeness (QED) is 0.477. The van der Waals surface area contributed by atoms with E-state index in [9.17, 15) is 22.8 Å². The summed E-state index contributed by atoms with van der Waals surface area (Å²) in [4.78, 5) is 41.8. The molecule has 2 aromatic heterocycles. The first kappa shape index (κ1) is 25.2. The summed E-state index contributed by atoms with van der Waals surface area (Å²) in [5, 5.41) is 0.542. The van der Waals surface area contributed by atoms with Gasteiger partial charge in [-0.1, -0.05) is 6.92 Å². The lowest BCUT2D eigenvalue weighted by molar-refractivity contribution is -0.154. The molecule has 34 heavy (non-hydrogen) atoms. The molecule has 12 heteroatoms. The molecule has 0 saturated carbocycles. The first-order valence-corrected chi connectivity index (χ1v) is 12.0. The summed E-state index contributed by atoms with van der Waals surface area (Å²) in [5.74, 6) is -0.679. The van der Waals surface area contributed by atoms with Gasteiger partial charge >= 0.3 is 12.1 Å². The van der Waals surface area contributed by atoms with Gasteiger partial charge in [-0.3, -0.25) is 9.59 Å². The minimum absolute atomic E-state index is 0.0175. The predicted molar refractivity (Wildman–Crippen MR) is 124 cm³/mol. The van der Waals surface area contributed by atoms with Crippen molar-refractivity contribution in [1.82, 2.24) is 14.3 Å². The third-order valence-electron chi connectivity index (χ3n) is 4.68. The molecule has 2 N–H and O–H groups in total. The largest absolute Gasteiger partial charge is 0.513 e. The zero-order chi connectivity index (χ0) is 25.3. The minimum atomic E-state index is -4.09. The molecule has 0 spiro atoms. The molecule has 0 amide bonds. The average molecular weight is 494 g/mol. The van der Waals surface area contributed by atoms with E-state index < -0.39 is 39.9 Å². The zero-order valence-corrected chi connectivity index (χ0v) is 20.4. The Balaban J connectivity index is 2.03. The first-order valence-electron chi connectivity index (χ1n) is 10.5. The van der Waals surface area contributed by atoms with Crippen LogP contribution in [0.4, 0.5) is 4.79 Å². The fourth-order valence-corrected chi connectivity index (χ4v) is 4.38. The lowest BCUT2D eigenvalue weighted by Crippen LogP contribution is -2.36. The summed E-state index contributed by atoms with van der Waals surface area (Å²) in [6.45, 7) is 6.55. The van der Waals surface area contributed by atoms with Crippen LogP contribution in [0, 0.1) is 0 Å². The van der Waals surface area contributed by atoms with Crippen LogP contribution in [0.1, 0.15) is 34.1 Å². The predicted octanol–water partition coefficient (Wildman–Crippen LogP) is 2.90. The maximum Gasteiger partial charge on any atom is 0.513 e. The fraction of sp³-hybridized carbons (Fsp3) is 0.409. The fourth-order valence-electron chi connectivity index (χ4n) is 3.24. The number of nitrogens with one attached hydrogen (secondary N) is 2. The van der Waals surface area contributed by atoms with Gasteiger partial charge in [0.05, 0.1) is 16.9 Å². The Morgan fingerprint density at radius 1 is 1.18 bits per heavy atom. The number of esters is 1. The molecule has 3 aromatic rings. The summed E-state index contributed by atoms with van der Waals surface area (Å²) >= 11 is 0. The molecule has 0 atom stereocenters. The van der Waals surface area contributed by atoms with Crippen LogP contribution in [-0.4, -0.2) is 60.6 Å². The Bertz CT molecular complexity index is 1400. The number of carbonyl (C=O) groups excluding carboxylic acids is 2. The van der Waals surface area contributed by atoms with Crippen molar-refractivity contribution in [3.05, 3.63) is 34.7 Å². The Hall–Kier alpha value is -3.38. The first-order chi connectivity index (χ1) is 15.8. The Kier molecular flexibility index (Phi) is 7.03. The Morgan fingerprint density at radius 3 is 2.53 bits per heavy atom. The van der Waals surface area contributed by atoms with E-state index in [0.717, 1.165) is 4.31 Å². The maximum absolute atomic E-state index is 13.1. The summed E-state index contributed by atoms with van der Waals surface area (Å²) in [7, 11) is -2.83. The third kappa shape index (κ3) is 5.39. The number of hydrogen-bond donors (Lipinski definition) is 2. The van der Waals surface area contributed by atoms with Gasteiger partial charge in [-0.25, -0.2) is 13.2 Å². The maximum atomic E-state index is 13.1. The SMILES string of the molecule is CCCOC(=O)Oc1c[nH]c2c(=O)[nH]c3ccc(S(=O)(=O)N(C)CC(=O)OC(C)(C)C)cc3c12. The number of aromatic amines is 2. The number of ether oxygens (including phenoxy) is 3. The molecule has 0 radical (unpaired) electrons. The van der Waals surface area contributed by atoms with Crippen LogP contribution < -0.4 is 10.3 Å². The van der Waals surface area contributed by atoms with Gasteiger partial charge in [0.15, 0.2) is 5.75 Å². The molecule has 0 unspecified atom stereocenters. The lowest BCUT2D eigenvalue weighted by atomic mass is 10.1. The Morgan fingerprint density at radius 2 is 1.88 bits per heavy atom. The number of nitrogens with zero attached hydrogens (tertiary/aromatic N) is 1. The minimum Gasteiger partial charge on any atom is -0.459 e. The standard InChI is InChI=1S/C22H27N3O8S/c1-6-9-31-21(28)32-16-11-23-19-18(16)14-10-13(7-8-15(14)24-20(19)27)34(29,30)25(5)12-17(26)33-22(2,3)4/h7-8,10-11,23H,6,9,12H2,1-5H3,(H,24,27). The summed E-state index contributed by atoms with van der Waals surface area (Å²) in [5.41, 5.74) is -0.803. The number of pyridine rings is 1. The third-order valence-corrected chi connectivity index (χ3v) is 6.48. The molecule has 0 saturated heterocycles. The molecular weight excluding hydrogens is 466 g/mol. The molecule has 0 aliphatic heterocycles. The van der Waals surface area contributed by atoms with Crippen LogP contribution >= 0.6 is 0 Å². The van der Waals surface area contributed by atoms with E-state index in [1.165, 1.54) is 31.4 Å². The number of sulfonamides is 1. The highest BCUT2D eigenvalue weighted by atomic mass is 32.2. The number of fused-ring (bicyclic) bond motifs is 3. The number of H-pyrrole nitrogens is 2. The summed E-state index contributed by atoms with van der Waals surface area (Å²) in [6, 6.07) is 4.08. The second kappa shape index (κ2) is 9.47. The van der Waals surface area contributed by atoms with E-state index in [1.54, 1.807) is 20.8 Å². The van der Waals surface area contributed by atoms with Crippen molar-refractivity contribution in [1.29, 1.82) is 0 Å². The van der Waals surface area contributed by atoms with Crippen LogP contribution in [0.2, 0.25) is 0 Å². The normalized spacial score (nSPS) is 12.3. The van der Waals surface area contributed by atoms with Crippen molar-refractivity contribution in [3.8, 4) is 5.75 Å². The van der Waals surface area contributed by atoms with E-state index >= 15 is 0 Å². The monoisotopic (exact) mass is 493 g/mol. The van der Waals surface area contributed by atoms with Crippen LogP contribution in [-0.2, 0) is 24.3 Å². The van der Waals surface area contributed by atoms with E-state index in [2.05, 4.69) is 9.97 Å². The molecule has 3 rings (SSSR count). The molecule has 0 aliphatic rings. The van der Waals surface area contributed by atoms with Gasteiger partial charge in [-0.2, -0.15) is 4.31 Å². The molecule has 0 aliphatic carbocycles. The second-order valence-corrected chi connectivity index (χ2v) is 10.7. The zero-order valence-electron chi connectivity index (χ0n) is 19.6. The molecule has 0 bridgehead atoms. The number of benzene rings is 1. The van der Waals surface area contributed by atoms with Gasteiger partial charge in [0.1, 0.15) is 17.7 Å². The summed E-state index contributed by atoms with van der Waals surface area (Å²) < 4.78 is 42.5. The van der Waals surface area contributed by atoms with Gasteiger partial charge in [-0.15, -0.1) is 0 Å². The van der Waals surface area contributed by atoms with Crippen molar-refractivity contribution in [2.24, 2.45) is 0 Å². The molecule has 2 heterocycles. The number of likely N-dealkylation sites (N-methyl/N-ethyl adjacent to an activating group) is 1. The van der Waals surface area contributed by atoms with Gasteiger partial charge in [-0.05, 0) is 45.4 Å². The molecular formula is C22H27N3O8S. The van der Waals surface area contributed by atoms with Crippen LogP contribution in [0.5, 0.6) is 5.75 Å². The smallest absolute Gasteiger partial charge is 0.459 e. The lowest BCUT2D eigenvalue weighted by Gasteiger charge is -2.22. The van der Waals surface area contributed by atoms with E-state index in [-0.39, 0.29) is 28.2 Å². The highest BCUT2D eigenvalue weighted by molar-refractivity contribution is 7.89. The number of aromatic nitrogens is 2. The average Bonchev–Trinajstić information content (AvgIpc) is 3.15. The highest BCUT2D eigenvalue weighted by Crippen LogP contribution is 2.32. The number of rotatable bonds is 7. The van der Waals surface area contributed by atoms with E-state index in [1.807, 2.05) is 6.92 Å². The highest BCUT2D eigenvalue weighted by Gasteiger charge is 2.27. The van der Waals surface area contributed by atoms with Crippen molar-refractivity contribution in [2.45, 2.75) is 44.6 Å². The molecule has 0 fully saturated rings. The van der Waals surface area contributed by atoms with Crippen molar-refractivity contribution >= 4 is 44.0 Å². The van der Waals surface area contributed by atoms with Crippen molar-refractivity contribution < 1.29 is 32.2 Å². The molecule has 184 valence electrons. The molecule has 1 aromatic carbocycles. The van der Waals surface area contributed by atoms with Crippen molar-refractivity contribution in [2.75, 3.05) is 20.2 Å². The van der Waals surface area contributed by atoms with Crippen molar-refractivity contribution in [3.63, 3.8) is 0 Å². The van der Waals surface area contributed by atoms with Gasteiger partial charge in [0.25, 0.3) is 5.56 Å². The van der Waals surface area contributed by atoms with Gasteiger partial charge < -0.3 is 24.2 Å². The number of carbonyl (C=O) groups is 2. The van der Waals surface area contributed by atoms with Crippen LogP contribution in [0.25, 0.3) is 21.8 Å². The number of hydrogen-bond acceptors (Lipinski definition) is 8. The van der Waals surface area contributed by atoms with E-state index in [4.69, 9.17) is 14.2 Å². The summed E-state index contributed by atoms with van der Waals surface area (Å²) in [6.07, 6.45) is 0.975. The van der Waals surface area contributed by atoms with Gasteiger partial charge in [0.2, 0.25) is 10.0 Å². The molecule has 11 nitrogen and oxygen atoms in total. The van der Waals surface area contributed by atoms with Gasteiger partial charge in [0, 0.05) is 24.1 Å². The van der Waals surface area contributed by atoms with E-state index in [0.29, 0.717) is 17.3 Å². The van der Waals surface area contributed by atoms with Crippen LogP contribution in [0.3, 0.4) is 0 Å². The Labute approximate surface area is 196 Å². The topological polar surface area (TPSA) is 148 Å².